The van der Waals surface area contributed by atoms with Gasteiger partial charge in [-0.2, -0.15) is 0 Å². The van der Waals surface area contributed by atoms with Gasteiger partial charge in [0.2, 0.25) is 0 Å². The summed E-state index contributed by atoms with van der Waals surface area (Å²) in [6, 6.07) is 47.2. The lowest BCUT2D eigenvalue weighted by molar-refractivity contribution is -0.152. The minimum atomic E-state index is -1.56. The largest absolute Gasteiger partial charge is 0.467 e. The first-order valence-electron chi connectivity index (χ1n) is 20.0. The van der Waals surface area contributed by atoms with Crippen molar-refractivity contribution in [1.29, 1.82) is 0 Å². The highest BCUT2D eigenvalue weighted by Gasteiger charge is 2.34. The van der Waals surface area contributed by atoms with E-state index in [0.717, 1.165) is 44.5 Å². The van der Waals surface area contributed by atoms with Crippen LogP contribution in [0.3, 0.4) is 0 Å². The number of carbonyl (C=O) groups is 4. The smallest absolute Gasteiger partial charge is 0.407 e. The van der Waals surface area contributed by atoms with Crippen molar-refractivity contribution in [2.75, 3.05) is 27.4 Å². The third kappa shape index (κ3) is 9.36. The molecule has 0 aliphatic heterocycles. The van der Waals surface area contributed by atoms with E-state index in [1.165, 1.54) is 14.2 Å². The molecule has 0 radical (unpaired) electrons. The van der Waals surface area contributed by atoms with E-state index < -0.39 is 48.4 Å². The second-order valence-corrected chi connectivity index (χ2v) is 14.7. The van der Waals surface area contributed by atoms with E-state index in [-0.39, 0.29) is 25.0 Å². The molecule has 0 bridgehead atoms. The first-order chi connectivity index (χ1) is 30.2. The molecule has 0 saturated carbocycles. The average Bonchev–Trinajstić information content (AvgIpc) is 3.83. The maximum absolute atomic E-state index is 12.6. The van der Waals surface area contributed by atoms with Gasteiger partial charge in [0.1, 0.15) is 19.3 Å². The van der Waals surface area contributed by atoms with Gasteiger partial charge in [0, 0.05) is 11.8 Å². The second-order valence-electron chi connectivity index (χ2n) is 14.7. The van der Waals surface area contributed by atoms with Crippen LogP contribution in [0.1, 0.15) is 57.4 Å². The maximum atomic E-state index is 12.6. The van der Waals surface area contributed by atoms with E-state index in [9.17, 15) is 29.4 Å². The summed E-state index contributed by atoms with van der Waals surface area (Å²) in [6.07, 6.45) is -4.35. The standard InChI is InChI=1S/2C25H23NO5/c1-30-24(28)22(23(27)16-9-3-2-4-10-16)26-25(29)31-15-21-19-13-7-5-11-17(19)18-12-6-8-14-20(18)21;1-30-24(28)23(27)22(16-9-3-2-4-10-16)26-25(29)31-15-21-19-13-7-5-11-17(19)18-12-6-8-14-20(18)21/h2*2-14,21-23,27H,15H2,1H3,(H,26,29)/t2*22-,23+/m01/s1. The van der Waals surface area contributed by atoms with Gasteiger partial charge in [-0.3, -0.25) is 0 Å². The van der Waals surface area contributed by atoms with Crippen molar-refractivity contribution in [2.45, 2.75) is 36.1 Å². The lowest BCUT2D eigenvalue weighted by Crippen LogP contribution is -2.46. The highest BCUT2D eigenvalue weighted by atomic mass is 16.6. The molecule has 2 aliphatic carbocycles. The van der Waals surface area contributed by atoms with Crippen LogP contribution in [-0.4, -0.2) is 73.9 Å². The molecular weight excluding hydrogens is 789 g/mol. The molecule has 12 heteroatoms. The number of aliphatic hydroxyl groups is 2. The summed E-state index contributed by atoms with van der Waals surface area (Å²) in [4.78, 5) is 49.2. The first kappa shape index (κ1) is 42.8. The topological polar surface area (TPSA) is 170 Å². The highest BCUT2D eigenvalue weighted by molar-refractivity contribution is 5.83. The van der Waals surface area contributed by atoms with Crippen LogP contribution in [-0.2, 0) is 28.5 Å². The number of hydrogen-bond acceptors (Lipinski definition) is 10. The monoisotopic (exact) mass is 834 g/mol. The van der Waals surface area contributed by atoms with Crippen LogP contribution < -0.4 is 10.6 Å². The zero-order valence-electron chi connectivity index (χ0n) is 34.0. The predicted octanol–water partition coefficient (Wildman–Crippen LogP) is 7.60. The number of amides is 2. The SMILES string of the molecule is COC(=O)[C@@H](NC(=O)OCC1c2ccccc2-c2ccccc21)[C@H](O)c1ccccc1.COC(=O)[C@@H](O)[C@H](NC(=O)OCC1c2ccccc2-c2ccccc21)c1ccccc1. The van der Waals surface area contributed by atoms with Crippen molar-refractivity contribution in [1.82, 2.24) is 10.6 Å². The molecule has 4 N–H and O–H groups in total. The quantitative estimate of drug-likeness (QED) is 0.0712. The molecular formula is C50H46N2O10. The molecule has 0 spiro atoms. The molecule has 6 aromatic rings. The third-order valence-electron chi connectivity index (χ3n) is 11.1. The fourth-order valence-electron chi connectivity index (χ4n) is 8.03. The number of nitrogens with one attached hydrogen (secondary N) is 2. The van der Waals surface area contributed by atoms with Gasteiger partial charge in [0.05, 0.1) is 20.3 Å². The number of esters is 2. The average molecular weight is 835 g/mol. The van der Waals surface area contributed by atoms with E-state index in [1.54, 1.807) is 60.7 Å². The summed E-state index contributed by atoms with van der Waals surface area (Å²) in [7, 11) is 2.38. The molecule has 8 rings (SSSR count). The Morgan fingerprint density at radius 2 is 0.839 bits per heavy atom. The molecule has 0 fully saturated rings. The summed E-state index contributed by atoms with van der Waals surface area (Å²) in [5.74, 6) is -1.79. The van der Waals surface area contributed by atoms with Crippen LogP contribution in [0.15, 0.2) is 158 Å². The van der Waals surface area contributed by atoms with Crippen LogP contribution in [0.25, 0.3) is 22.3 Å². The highest BCUT2D eigenvalue weighted by Crippen LogP contribution is 2.45. The van der Waals surface area contributed by atoms with Crippen LogP contribution in [0.5, 0.6) is 0 Å². The molecule has 0 aromatic heterocycles. The minimum absolute atomic E-state index is 0.0844. The van der Waals surface area contributed by atoms with E-state index in [0.29, 0.717) is 11.1 Å². The van der Waals surface area contributed by atoms with Crippen molar-refractivity contribution in [3.05, 3.63) is 191 Å². The molecule has 0 unspecified atom stereocenters. The predicted molar refractivity (Wildman–Crippen MR) is 231 cm³/mol. The van der Waals surface area contributed by atoms with Gasteiger partial charge < -0.3 is 39.8 Å². The Morgan fingerprint density at radius 3 is 1.24 bits per heavy atom. The summed E-state index contributed by atoms with van der Waals surface area (Å²) < 4.78 is 20.4. The van der Waals surface area contributed by atoms with Crippen molar-refractivity contribution in [3.63, 3.8) is 0 Å². The van der Waals surface area contributed by atoms with Gasteiger partial charge >= 0.3 is 24.1 Å². The number of carbonyl (C=O) groups excluding carboxylic acids is 4. The Bertz CT molecular complexity index is 2420. The Labute approximate surface area is 359 Å². The van der Waals surface area contributed by atoms with Gasteiger partial charge in [0.15, 0.2) is 12.1 Å². The van der Waals surface area contributed by atoms with E-state index in [4.69, 9.17) is 14.2 Å². The second kappa shape index (κ2) is 19.9. The van der Waals surface area contributed by atoms with Gasteiger partial charge in [-0.1, -0.05) is 158 Å². The number of ether oxygens (including phenoxy) is 4. The van der Waals surface area contributed by atoms with Gasteiger partial charge in [-0.25, -0.2) is 19.2 Å². The van der Waals surface area contributed by atoms with E-state index in [2.05, 4.69) is 39.6 Å². The van der Waals surface area contributed by atoms with Crippen LogP contribution >= 0.6 is 0 Å². The molecule has 6 aromatic carbocycles. The van der Waals surface area contributed by atoms with Gasteiger partial charge in [-0.15, -0.1) is 0 Å². The fourth-order valence-corrected chi connectivity index (χ4v) is 8.03. The molecule has 4 atom stereocenters. The maximum Gasteiger partial charge on any atom is 0.407 e. The summed E-state index contributed by atoms with van der Waals surface area (Å²) in [5.41, 5.74) is 9.95. The van der Waals surface area contributed by atoms with Crippen molar-refractivity contribution >= 4 is 24.1 Å². The molecule has 0 heterocycles. The van der Waals surface area contributed by atoms with Gasteiger partial charge in [-0.05, 0) is 55.6 Å². The van der Waals surface area contributed by atoms with Gasteiger partial charge in [0.25, 0.3) is 0 Å². The number of aliphatic hydroxyl groups excluding tert-OH is 2. The van der Waals surface area contributed by atoms with Crippen LogP contribution in [0.4, 0.5) is 9.59 Å². The number of rotatable bonds is 12. The number of alkyl carbamates (subject to hydrolysis) is 2. The molecule has 2 aliphatic rings. The lowest BCUT2D eigenvalue weighted by atomic mass is 9.98. The van der Waals surface area contributed by atoms with Crippen molar-refractivity contribution in [2.24, 2.45) is 0 Å². The summed E-state index contributed by atoms with van der Waals surface area (Å²) in [5, 5.41) is 26.0. The number of fused-ring (bicyclic) bond motifs is 6. The number of hydrogen-bond donors (Lipinski definition) is 4. The zero-order chi connectivity index (χ0) is 43.6. The summed E-state index contributed by atoms with van der Waals surface area (Å²) >= 11 is 0. The Kier molecular flexibility index (Phi) is 13.7. The summed E-state index contributed by atoms with van der Waals surface area (Å²) in [6.45, 7) is 0.241. The minimum Gasteiger partial charge on any atom is -0.467 e. The molecule has 0 saturated heterocycles. The van der Waals surface area contributed by atoms with Crippen molar-refractivity contribution < 1.29 is 48.3 Å². The molecule has 12 nitrogen and oxygen atoms in total. The fraction of sp³-hybridized carbons (Fsp3) is 0.200. The molecule has 2 amide bonds. The van der Waals surface area contributed by atoms with Crippen molar-refractivity contribution in [3.8, 4) is 22.3 Å². The normalized spacial score (nSPS) is 14.1. The third-order valence-corrected chi connectivity index (χ3v) is 11.1. The molecule has 62 heavy (non-hydrogen) atoms. The number of benzene rings is 6. The molecule has 316 valence electrons. The van der Waals surface area contributed by atoms with Crippen LogP contribution in [0, 0.1) is 0 Å². The number of methoxy groups -OCH3 is 2. The Morgan fingerprint density at radius 1 is 0.484 bits per heavy atom. The van der Waals surface area contributed by atoms with E-state index in [1.807, 2.05) is 72.8 Å². The lowest BCUT2D eigenvalue weighted by Gasteiger charge is -2.23. The Hall–Kier alpha value is -7.28. The van der Waals surface area contributed by atoms with Crippen LogP contribution in [0.2, 0.25) is 0 Å². The first-order valence-corrected chi connectivity index (χ1v) is 20.0. The Balaban J connectivity index is 0.000000186. The van der Waals surface area contributed by atoms with E-state index >= 15 is 0 Å². The zero-order valence-corrected chi connectivity index (χ0v) is 34.0.